The van der Waals surface area contributed by atoms with Gasteiger partial charge in [-0.1, -0.05) is 0 Å². The van der Waals surface area contributed by atoms with Crippen LogP contribution in [0, 0.1) is 0 Å². The quantitative estimate of drug-likeness (QED) is 0.423. The summed E-state index contributed by atoms with van der Waals surface area (Å²) in [5.41, 5.74) is -0.184. The first-order chi connectivity index (χ1) is 13.6. The van der Waals surface area contributed by atoms with E-state index >= 15 is 0 Å². The maximum absolute atomic E-state index is 13.3. The van der Waals surface area contributed by atoms with E-state index in [4.69, 9.17) is 0 Å². The zero-order valence-electron chi connectivity index (χ0n) is 14.5. The van der Waals surface area contributed by atoms with E-state index in [1.165, 1.54) is 12.1 Å². The molecule has 138 valence electrons. The minimum atomic E-state index is -0.393. The number of phenolic OH excluding ortho intramolecular Hbond substituents is 2. The van der Waals surface area contributed by atoms with Gasteiger partial charge in [0.05, 0.1) is 0 Å². The Morgan fingerprint density at radius 2 is 0.893 bits per heavy atom. The van der Waals surface area contributed by atoms with Crippen molar-refractivity contribution in [3.63, 3.8) is 0 Å². The van der Waals surface area contributed by atoms with Crippen LogP contribution in [0.5, 0.6) is 11.5 Å². The Labute approximate surface area is 174 Å². The number of hydrogen-bond donors (Lipinski definition) is 2. The third-order valence-electron chi connectivity index (χ3n) is 4.16. The van der Waals surface area contributed by atoms with E-state index in [-0.39, 0.29) is 34.2 Å². The molecular formula is C22H14O4Se2. The van der Waals surface area contributed by atoms with Crippen LogP contribution in [-0.2, 0) is 0 Å². The van der Waals surface area contributed by atoms with Crippen LogP contribution in [0.4, 0.5) is 0 Å². The summed E-state index contributed by atoms with van der Waals surface area (Å²) in [4.78, 5) is 26.6. The van der Waals surface area contributed by atoms with Gasteiger partial charge in [0.25, 0.3) is 0 Å². The fraction of sp³-hybridized carbons (Fsp3) is 0. The van der Waals surface area contributed by atoms with Gasteiger partial charge in [-0.15, -0.1) is 0 Å². The second-order valence-corrected chi connectivity index (χ2v) is 10.5. The van der Waals surface area contributed by atoms with Crippen molar-refractivity contribution in [1.82, 2.24) is 0 Å². The Kier molecular flexibility index (Phi) is 5.21. The van der Waals surface area contributed by atoms with Crippen molar-refractivity contribution in [2.75, 3.05) is 0 Å². The molecule has 0 unspecified atom stereocenters. The van der Waals surface area contributed by atoms with Crippen LogP contribution < -0.4 is 8.92 Å². The summed E-state index contributed by atoms with van der Waals surface area (Å²) in [6, 6.07) is 21.6. The molecular weight excluding hydrogens is 486 g/mol. The predicted molar refractivity (Wildman–Crippen MR) is 109 cm³/mol. The number of hydrogen-bond acceptors (Lipinski definition) is 4. The van der Waals surface area contributed by atoms with Gasteiger partial charge in [0.2, 0.25) is 0 Å². The van der Waals surface area contributed by atoms with Crippen molar-refractivity contribution in [2.24, 2.45) is 0 Å². The van der Waals surface area contributed by atoms with E-state index in [1.54, 1.807) is 0 Å². The number of phenols is 2. The van der Waals surface area contributed by atoms with Crippen molar-refractivity contribution < 1.29 is 19.8 Å². The van der Waals surface area contributed by atoms with Crippen LogP contribution in [-0.4, -0.2) is 51.7 Å². The maximum atomic E-state index is 13.3. The molecule has 28 heavy (non-hydrogen) atoms. The van der Waals surface area contributed by atoms with Crippen molar-refractivity contribution in [1.29, 1.82) is 0 Å². The van der Waals surface area contributed by atoms with Crippen LogP contribution in [0.25, 0.3) is 0 Å². The number of carbonyl (C=O) groups is 2. The summed E-state index contributed by atoms with van der Waals surface area (Å²) in [5.74, 6) is -1.31. The third kappa shape index (κ3) is 3.44. The first-order valence-corrected chi connectivity index (χ1v) is 11.8. The molecule has 0 saturated heterocycles. The molecule has 3 aromatic carbocycles. The first kappa shape index (κ1) is 18.7. The third-order valence-corrected chi connectivity index (χ3v) is 9.44. The van der Waals surface area contributed by atoms with Gasteiger partial charge < -0.3 is 0 Å². The van der Waals surface area contributed by atoms with Gasteiger partial charge >= 0.3 is 175 Å². The fourth-order valence-corrected chi connectivity index (χ4v) is 7.59. The molecule has 4 rings (SSSR count). The van der Waals surface area contributed by atoms with Crippen LogP contribution in [0.1, 0.15) is 20.7 Å². The molecule has 4 nitrogen and oxygen atoms in total. The molecule has 0 bridgehead atoms. The molecule has 0 spiro atoms. The summed E-state index contributed by atoms with van der Waals surface area (Å²) in [6.45, 7) is 0. The predicted octanol–water partition coefficient (Wildman–Crippen LogP) is 1.75. The molecule has 1 aliphatic carbocycles. The zero-order chi connectivity index (χ0) is 19.7. The number of fused-ring (bicyclic) bond motifs is 1. The average molecular weight is 500 g/mol. The Hall–Kier alpha value is -2.62. The second kappa shape index (κ2) is 7.78. The summed E-state index contributed by atoms with van der Waals surface area (Å²) >= 11 is -0.787. The van der Waals surface area contributed by atoms with Crippen molar-refractivity contribution in [3.05, 3.63) is 92.9 Å². The van der Waals surface area contributed by atoms with Gasteiger partial charge in [-0.05, 0) is 0 Å². The second-order valence-electron chi connectivity index (χ2n) is 6.00. The molecule has 0 saturated carbocycles. The number of benzene rings is 3. The summed E-state index contributed by atoms with van der Waals surface area (Å²) in [7, 11) is 0. The molecule has 0 heterocycles. The van der Waals surface area contributed by atoms with E-state index in [9.17, 15) is 19.8 Å². The monoisotopic (exact) mass is 502 g/mol. The van der Waals surface area contributed by atoms with E-state index in [1.807, 2.05) is 60.7 Å². The Balaban J connectivity index is 1.88. The Morgan fingerprint density at radius 1 is 0.536 bits per heavy atom. The van der Waals surface area contributed by atoms with Gasteiger partial charge in [0.15, 0.2) is 0 Å². The number of ketones is 2. The molecule has 0 aromatic heterocycles. The Bertz CT molecular complexity index is 1020. The van der Waals surface area contributed by atoms with Crippen molar-refractivity contribution in [3.8, 4) is 11.5 Å². The van der Waals surface area contributed by atoms with Gasteiger partial charge in [-0.25, -0.2) is 0 Å². The SMILES string of the molecule is O=C1C([Se]c2ccccc2)=C([Se]c2ccccc2)C(=O)c2c(O)ccc(O)c21. The van der Waals surface area contributed by atoms with Gasteiger partial charge in [-0.2, -0.15) is 0 Å². The minimum absolute atomic E-state index is 0.0922. The van der Waals surface area contributed by atoms with Gasteiger partial charge in [0.1, 0.15) is 0 Å². The molecule has 0 amide bonds. The first-order valence-electron chi connectivity index (χ1n) is 8.40. The molecule has 3 aromatic rings. The molecule has 6 heteroatoms. The molecule has 0 atom stereocenters. The van der Waals surface area contributed by atoms with Gasteiger partial charge in [-0.3, -0.25) is 0 Å². The summed E-state index contributed by atoms with van der Waals surface area (Å²) in [6.07, 6.45) is 0. The average Bonchev–Trinajstić information content (AvgIpc) is 2.72. The van der Waals surface area contributed by atoms with E-state index in [2.05, 4.69) is 0 Å². The van der Waals surface area contributed by atoms with E-state index < -0.39 is 29.9 Å². The van der Waals surface area contributed by atoms with Crippen LogP contribution >= 0.6 is 0 Å². The summed E-state index contributed by atoms with van der Waals surface area (Å²) < 4.78 is 2.83. The Morgan fingerprint density at radius 3 is 1.25 bits per heavy atom. The van der Waals surface area contributed by atoms with Crippen molar-refractivity contribution >= 4 is 50.4 Å². The molecule has 0 radical (unpaired) electrons. The van der Waals surface area contributed by atoms with E-state index in [0.29, 0.717) is 8.94 Å². The number of carbonyl (C=O) groups excluding carboxylic acids is 2. The summed E-state index contributed by atoms with van der Waals surface area (Å²) in [5, 5.41) is 20.5. The zero-order valence-corrected chi connectivity index (χ0v) is 17.9. The van der Waals surface area contributed by atoms with Crippen LogP contribution in [0.15, 0.2) is 81.7 Å². The fourth-order valence-electron chi connectivity index (χ4n) is 2.87. The van der Waals surface area contributed by atoms with E-state index in [0.717, 1.165) is 8.92 Å². The number of rotatable bonds is 4. The normalized spacial score (nSPS) is 13.6. The number of Topliss-reactive ketones (excluding diaryl/α,β-unsaturated/α-hetero) is 2. The molecule has 1 aliphatic rings. The molecule has 0 aliphatic heterocycles. The van der Waals surface area contributed by atoms with Gasteiger partial charge in [0, 0.05) is 0 Å². The van der Waals surface area contributed by atoms with Crippen LogP contribution in [0.2, 0.25) is 0 Å². The number of allylic oxidation sites excluding steroid dienone is 2. The number of aromatic hydroxyl groups is 2. The molecule has 0 fully saturated rings. The molecule has 2 N–H and O–H groups in total. The van der Waals surface area contributed by atoms with Crippen LogP contribution in [0.3, 0.4) is 0 Å². The standard InChI is InChI=1S/C22H14O4Se2/c23-15-11-12-16(24)18-17(15)19(25)21(27-13-7-3-1-4-8-13)22(20(18)26)28-14-9-5-2-6-10-14/h1-12,23-24H. The van der Waals surface area contributed by atoms with Crippen molar-refractivity contribution in [2.45, 2.75) is 0 Å². The topological polar surface area (TPSA) is 74.6 Å².